The first-order valence-corrected chi connectivity index (χ1v) is 9.23. The number of carbonyl (C=O) groups is 1. The van der Waals surface area contributed by atoms with Crippen LogP contribution in [0.15, 0.2) is 46.9 Å². The quantitative estimate of drug-likeness (QED) is 0.844. The molecule has 0 N–H and O–H groups in total. The van der Waals surface area contributed by atoms with E-state index in [2.05, 4.69) is 16.8 Å². The van der Waals surface area contributed by atoms with Gasteiger partial charge in [-0.3, -0.25) is 9.69 Å². The Morgan fingerprint density at radius 1 is 1.04 bits per heavy atom. The standard InChI is InChI=1S/C20H25N3O3/c1-21-11-13-22(14-12-21)16-9-10-23(15-16)20(24)18-7-8-19(26-18)25-17-5-3-2-4-6-17/h2-8,16H,9-15H2,1H3. The Balaban J connectivity index is 1.35. The summed E-state index contributed by atoms with van der Waals surface area (Å²) in [4.78, 5) is 19.5. The van der Waals surface area contributed by atoms with E-state index in [1.807, 2.05) is 35.2 Å². The minimum absolute atomic E-state index is 0.0514. The summed E-state index contributed by atoms with van der Waals surface area (Å²) in [5.41, 5.74) is 0. The van der Waals surface area contributed by atoms with Crippen molar-refractivity contribution in [2.75, 3.05) is 46.3 Å². The van der Waals surface area contributed by atoms with Crippen molar-refractivity contribution in [1.82, 2.24) is 14.7 Å². The molecule has 6 heteroatoms. The van der Waals surface area contributed by atoms with Gasteiger partial charge < -0.3 is 19.0 Å². The lowest BCUT2D eigenvalue weighted by atomic mass is 10.2. The molecule has 1 aromatic heterocycles. The second kappa shape index (κ2) is 7.51. The van der Waals surface area contributed by atoms with Crippen LogP contribution in [0.25, 0.3) is 0 Å². The van der Waals surface area contributed by atoms with Gasteiger partial charge in [0.05, 0.1) is 0 Å². The summed E-state index contributed by atoms with van der Waals surface area (Å²) in [7, 11) is 2.16. The van der Waals surface area contributed by atoms with Gasteiger partial charge in [-0.1, -0.05) is 18.2 Å². The summed E-state index contributed by atoms with van der Waals surface area (Å²) in [5.74, 6) is 1.33. The number of carbonyl (C=O) groups excluding carboxylic acids is 1. The molecule has 0 aliphatic carbocycles. The normalized spacial score (nSPS) is 21.9. The van der Waals surface area contributed by atoms with Crippen LogP contribution < -0.4 is 4.74 Å². The first-order chi connectivity index (χ1) is 12.7. The Labute approximate surface area is 153 Å². The number of benzene rings is 1. The summed E-state index contributed by atoms with van der Waals surface area (Å²) in [6.07, 6.45) is 1.03. The molecule has 3 heterocycles. The number of para-hydroxylation sites is 1. The van der Waals surface area contributed by atoms with Crippen molar-refractivity contribution in [2.45, 2.75) is 12.5 Å². The fourth-order valence-electron chi connectivity index (χ4n) is 3.66. The average Bonchev–Trinajstić information content (AvgIpc) is 3.33. The van der Waals surface area contributed by atoms with Crippen LogP contribution >= 0.6 is 0 Å². The zero-order valence-electron chi connectivity index (χ0n) is 15.1. The van der Waals surface area contributed by atoms with Crippen LogP contribution in [-0.2, 0) is 0 Å². The maximum absolute atomic E-state index is 12.7. The molecule has 2 fully saturated rings. The molecule has 1 atom stereocenters. The van der Waals surface area contributed by atoms with Crippen molar-refractivity contribution < 1.29 is 13.9 Å². The fraction of sp³-hybridized carbons (Fsp3) is 0.450. The van der Waals surface area contributed by atoms with Gasteiger partial charge in [0.1, 0.15) is 5.75 Å². The number of rotatable bonds is 4. The SMILES string of the molecule is CN1CCN(C2CCN(C(=O)c3ccc(Oc4ccccc4)o3)C2)CC1. The number of hydrogen-bond acceptors (Lipinski definition) is 5. The Kier molecular flexibility index (Phi) is 4.95. The van der Waals surface area contributed by atoms with Crippen molar-refractivity contribution >= 4 is 5.91 Å². The van der Waals surface area contributed by atoms with E-state index in [0.29, 0.717) is 23.5 Å². The summed E-state index contributed by atoms with van der Waals surface area (Å²) in [6.45, 7) is 5.92. The molecule has 138 valence electrons. The van der Waals surface area contributed by atoms with E-state index in [1.165, 1.54) is 0 Å². The summed E-state index contributed by atoms with van der Waals surface area (Å²) in [6, 6.07) is 13.3. The molecule has 26 heavy (non-hydrogen) atoms. The van der Waals surface area contributed by atoms with Crippen LogP contribution in [0.1, 0.15) is 17.0 Å². The molecular weight excluding hydrogens is 330 g/mol. The van der Waals surface area contributed by atoms with Crippen LogP contribution in [0, 0.1) is 0 Å². The Morgan fingerprint density at radius 2 is 1.81 bits per heavy atom. The number of ether oxygens (including phenoxy) is 1. The third-order valence-corrected chi connectivity index (χ3v) is 5.26. The smallest absolute Gasteiger partial charge is 0.290 e. The number of furan rings is 1. The van der Waals surface area contributed by atoms with E-state index in [9.17, 15) is 4.79 Å². The van der Waals surface area contributed by atoms with E-state index in [4.69, 9.17) is 9.15 Å². The van der Waals surface area contributed by atoms with Gasteiger partial charge in [-0.15, -0.1) is 0 Å². The predicted molar refractivity (Wildman–Crippen MR) is 98.6 cm³/mol. The average molecular weight is 355 g/mol. The highest BCUT2D eigenvalue weighted by atomic mass is 16.6. The lowest BCUT2D eigenvalue weighted by molar-refractivity contribution is 0.0721. The van der Waals surface area contributed by atoms with Crippen molar-refractivity contribution in [1.29, 1.82) is 0 Å². The topological polar surface area (TPSA) is 49.2 Å². The van der Waals surface area contributed by atoms with Crippen LogP contribution in [0.5, 0.6) is 11.7 Å². The van der Waals surface area contributed by atoms with Gasteiger partial charge in [0.15, 0.2) is 5.76 Å². The van der Waals surface area contributed by atoms with Crippen molar-refractivity contribution in [3.63, 3.8) is 0 Å². The molecule has 0 bridgehead atoms. The summed E-state index contributed by atoms with van der Waals surface area (Å²) in [5, 5.41) is 0. The highest BCUT2D eigenvalue weighted by Crippen LogP contribution is 2.25. The minimum Gasteiger partial charge on any atom is -0.426 e. The Bertz CT molecular complexity index is 738. The maximum atomic E-state index is 12.7. The van der Waals surface area contributed by atoms with Gasteiger partial charge in [-0.2, -0.15) is 0 Å². The molecular formula is C20H25N3O3. The monoisotopic (exact) mass is 355 g/mol. The second-order valence-electron chi connectivity index (χ2n) is 7.07. The maximum Gasteiger partial charge on any atom is 0.290 e. The van der Waals surface area contributed by atoms with E-state index in [1.54, 1.807) is 12.1 Å². The third-order valence-electron chi connectivity index (χ3n) is 5.26. The molecule has 1 unspecified atom stereocenters. The van der Waals surface area contributed by atoms with Crippen LogP contribution in [0.4, 0.5) is 0 Å². The Hall–Kier alpha value is -2.31. The van der Waals surface area contributed by atoms with Gasteiger partial charge in [-0.25, -0.2) is 0 Å². The van der Waals surface area contributed by atoms with Gasteiger partial charge in [0, 0.05) is 51.4 Å². The molecule has 2 aliphatic rings. The molecule has 2 saturated heterocycles. The number of piperazine rings is 1. The van der Waals surface area contributed by atoms with E-state index < -0.39 is 0 Å². The molecule has 0 spiro atoms. The van der Waals surface area contributed by atoms with E-state index >= 15 is 0 Å². The van der Waals surface area contributed by atoms with Crippen LogP contribution in [0.2, 0.25) is 0 Å². The van der Waals surface area contributed by atoms with E-state index in [0.717, 1.165) is 45.7 Å². The van der Waals surface area contributed by atoms with Gasteiger partial charge in [0.2, 0.25) is 0 Å². The second-order valence-corrected chi connectivity index (χ2v) is 7.07. The number of likely N-dealkylation sites (tertiary alicyclic amines) is 1. The van der Waals surface area contributed by atoms with Crippen LogP contribution in [-0.4, -0.2) is 73.0 Å². The van der Waals surface area contributed by atoms with Crippen molar-refractivity contribution in [3.05, 3.63) is 48.2 Å². The first-order valence-electron chi connectivity index (χ1n) is 9.23. The van der Waals surface area contributed by atoms with Crippen molar-refractivity contribution in [3.8, 4) is 11.7 Å². The molecule has 4 rings (SSSR count). The van der Waals surface area contributed by atoms with E-state index in [-0.39, 0.29) is 5.91 Å². The molecule has 0 saturated carbocycles. The summed E-state index contributed by atoms with van der Waals surface area (Å²) >= 11 is 0. The minimum atomic E-state index is -0.0514. The van der Waals surface area contributed by atoms with Gasteiger partial charge >= 0.3 is 0 Å². The molecule has 0 radical (unpaired) electrons. The number of hydrogen-bond donors (Lipinski definition) is 0. The lowest BCUT2D eigenvalue weighted by Gasteiger charge is -2.36. The first kappa shape index (κ1) is 17.1. The third kappa shape index (κ3) is 3.76. The molecule has 1 aromatic carbocycles. The molecule has 6 nitrogen and oxygen atoms in total. The zero-order chi connectivity index (χ0) is 17.9. The van der Waals surface area contributed by atoms with Gasteiger partial charge in [-0.05, 0) is 31.7 Å². The summed E-state index contributed by atoms with van der Waals surface area (Å²) < 4.78 is 11.3. The highest BCUT2D eigenvalue weighted by molar-refractivity contribution is 5.91. The molecule has 2 aromatic rings. The highest BCUT2D eigenvalue weighted by Gasteiger charge is 2.33. The van der Waals surface area contributed by atoms with Crippen LogP contribution in [0.3, 0.4) is 0 Å². The number of likely N-dealkylation sites (N-methyl/N-ethyl adjacent to an activating group) is 1. The van der Waals surface area contributed by atoms with Gasteiger partial charge in [0.25, 0.3) is 11.9 Å². The molecule has 1 amide bonds. The molecule has 2 aliphatic heterocycles. The number of amides is 1. The zero-order valence-corrected chi connectivity index (χ0v) is 15.1. The number of nitrogens with zero attached hydrogens (tertiary/aromatic N) is 3. The van der Waals surface area contributed by atoms with Crippen molar-refractivity contribution in [2.24, 2.45) is 0 Å². The Morgan fingerprint density at radius 3 is 2.58 bits per heavy atom. The predicted octanol–water partition coefficient (Wildman–Crippen LogP) is 2.53. The lowest BCUT2D eigenvalue weighted by Crippen LogP contribution is -2.49. The fourth-order valence-corrected chi connectivity index (χ4v) is 3.66. The largest absolute Gasteiger partial charge is 0.426 e.